The van der Waals surface area contributed by atoms with Crippen molar-refractivity contribution in [1.82, 2.24) is 15.0 Å². The van der Waals surface area contributed by atoms with Gasteiger partial charge in [-0.2, -0.15) is 0 Å². The number of halogens is 1. The van der Waals surface area contributed by atoms with E-state index < -0.39 is 0 Å². The highest BCUT2D eigenvalue weighted by molar-refractivity contribution is 14.1. The average Bonchev–Trinajstić information content (AvgIpc) is 2.48. The first kappa shape index (κ1) is 12.2. The Balaban J connectivity index is 2.06. The Hall–Kier alpha value is -1.82. The van der Waals surface area contributed by atoms with Crippen LogP contribution in [0.2, 0.25) is 0 Å². The van der Waals surface area contributed by atoms with Gasteiger partial charge in [-0.05, 0) is 59.0 Å². The van der Waals surface area contributed by atoms with E-state index in [-0.39, 0.29) is 0 Å². The van der Waals surface area contributed by atoms with E-state index in [0.717, 1.165) is 26.3 Å². The standard InChI is InChI=1S/C15H10IN3/c16-11-7-9-18-15(10-11)14-6-3-5-13(19-14)12-4-1-2-8-17-12/h1-10H. The van der Waals surface area contributed by atoms with Crippen LogP contribution in [0.4, 0.5) is 0 Å². The second-order valence-electron chi connectivity index (χ2n) is 3.98. The highest BCUT2D eigenvalue weighted by atomic mass is 127. The molecular formula is C15H10IN3. The molecule has 0 saturated carbocycles. The molecular weight excluding hydrogens is 349 g/mol. The molecule has 0 fully saturated rings. The van der Waals surface area contributed by atoms with E-state index in [1.54, 1.807) is 12.4 Å². The molecule has 3 aromatic rings. The van der Waals surface area contributed by atoms with Crippen LogP contribution in [0.25, 0.3) is 22.8 Å². The maximum Gasteiger partial charge on any atom is 0.0896 e. The fourth-order valence-corrected chi connectivity index (χ4v) is 2.23. The third-order valence-electron chi connectivity index (χ3n) is 2.66. The van der Waals surface area contributed by atoms with Gasteiger partial charge in [-0.1, -0.05) is 12.1 Å². The molecule has 0 saturated heterocycles. The highest BCUT2D eigenvalue weighted by Crippen LogP contribution is 2.20. The van der Waals surface area contributed by atoms with E-state index in [2.05, 4.69) is 37.5 Å². The zero-order valence-corrected chi connectivity index (χ0v) is 12.2. The van der Waals surface area contributed by atoms with Crippen LogP contribution in [0.3, 0.4) is 0 Å². The van der Waals surface area contributed by atoms with Crippen LogP contribution in [0, 0.1) is 3.57 Å². The van der Waals surface area contributed by atoms with Gasteiger partial charge in [0, 0.05) is 16.0 Å². The lowest BCUT2D eigenvalue weighted by Gasteiger charge is -2.04. The first-order valence-corrected chi connectivity index (χ1v) is 6.91. The van der Waals surface area contributed by atoms with E-state index in [4.69, 9.17) is 0 Å². The summed E-state index contributed by atoms with van der Waals surface area (Å²) >= 11 is 2.27. The normalized spacial score (nSPS) is 10.4. The smallest absolute Gasteiger partial charge is 0.0896 e. The third-order valence-corrected chi connectivity index (χ3v) is 3.33. The molecule has 0 bridgehead atoms. The summed E-state index contributed by atoms with van der Waals surface area (Å²) < 4.78 is 1.15. The van der Waals surface area contributed by atoms with E-state index >= 15 is 0 Å². The summed E-state index contributed by atoms with van der Waals surface area (Å²) in [4.78, 5) is 13.3. The Bertz CT molecular complexity index is 699. The molecule has 3 heterocycles. The van der Waals surface area contributed by atoms with Gasteiger partial charge >= 0.3 is 0 Å². The minimum Gasteiger partial charge on any atom is -0.255 e. The maximum atomic E-state index is 4.63. The van der Waals surface area contributed by atoms with E-state index in [9.17, 15) is 0 Å². The number of nitrogens with zero attached hydrogens (tertiary/aromatic N) is 3. The van der Waals surface area contributed by atoms with Crippen LogP contribution < -0.4 is 0 Å². The van der Waals surface area contributed by atoms with Crippen molar-refractivity contribution in [3.63, 3.8) is 0 Å². The molecule has 19 heavy (non-hydrogen) atoms. The second kappa shape index (κ2) is 5.44. The second-order valence-corrected chi connectivity index (χ2v) is 5.23. The van der Waals surface area contributed by atoms with Crippen molar-refractivity contribution in [3.8, 4) is 22.8 Å². The topological polar surface area (TPSA) is 38.7 Å². The molecule has 0 aromatic carbocycles. The SMILES string of the molecule is Ic1ccnc(-c2cccc(-c3ccccn3)n2)c1. The van der Waals surface area contributed by atoms with Crippen molar-refractivity contribution >= 4 is 22.6 Å². The zero-order valence-electron chi connectivity index (χ0n) is 9.99. The summed E-state index contributed by atoms with van der Waals surface area (Å²) in [7, 11) is 0. The van der Waals surface area contributed by atoms with Crippen molar-refractivity contribution in [1.29, 1.82) is 0 Å². The number of hydrogen-bond acceptors (Lipinski definition) is 3. The van der Waals surface area contributed by atoms with Gasteiger partial charge in [0.15, 0.2) is 0 Å². The summed E-state index contributed by atoms with van der Waals surface area (Å²) in [6.45, 7) is 0. The minimum atomic E-state index is 0.860. The quantitative estimate of drug-likeness (QED) is 0.654. The number of aromatic nitrogens is 3. The molecule has 0 radical (unpaired) electrons. The summed E-state index contributed by atoms with van der Waals surface area (Å²) in [5.41, 5.74) is 3.47. The van der Waals surface area contributed by atoms with E-state index in [0.29, 0.717) is 0 Å². The molecule has 3 aromatic heterocycles. The number of rotatable bonds is 2. The van der Waals surface area contributed by atoms with Crippen molar-refractivity contribution in [2.45, 2.75) is 0 Å². The average molecular weight is 359 g/mol. The van der Waals surface area contributed by atoms with Crippen molar-refractivity contribution in [2.75, 3.05) is 0 Å². The molecule has 0 N–H and O–H groups in total. The Morgan fingerprint density at radius 3 is 2.16 bits per heavy atom. The molecule has 0 unspecified atom stereocenters. The highest BCUT2D eigenvalue weighted by Gasteiger charge is 2.05. The van der Waals surface area contributed by atoms with Crippen molar-refractivity contribution in [2.24, 2.45) is 0 Å². The Kier molecular flexibility index (Phi) is 3.50. The lowest BCUT2D eigenvalue weighted by Crippen LogP contribution is -1.91. The molecule has 3 rings (SSSR count). The molecule has 0 amide bonds. The van der Waals surface area contributed by atoms with Crippen LogP contribution in [0.1, 0.15) is 0 Å². The predicted molar refractivity (Wildman–Crippen MR) is 83.4 cm³/mol. The first-order valence-electron chi connectivity index (χ1n) is 5.83. The molecule has 0 atom stereocenters. The van der Waals surface area contributed by atoms with Crippen LogP contribution in [0.15, 0.2) is 60.9 Å². The summed E-state index contributed by atoms with van der Waals surface area (Å²) in [6.07, 6.45) is 3.57. The third kappa shape index (κ3) is 2.78. The van der Waals surface area contributed by atoms with Gasteiger partial charge in [-0.25, -0.2) is 4.98 Å². The predicted octanol–water partition coefficient (Wildman–Crippen LogP) is 3.81. The van der Waals surface area contributed by atoms with Gasteiger partial charge in [0.25, 0.3) is 0 Å². The summed E-state index contributed by atoms with van der Waals surface area (Å²) in [6, 6.07) is 15.7. The monoisotopic (exact) mass is 359 g/mol. The van der Waals surface area contributed by atoms with Gasteiger partial charge in [-0.3, -0.25) is 9.97 Å². The van der Waals surface area contributed by atoms with Crippen LogP contribution in [0.5, 0.6) is 0 Å². The molecule has 4 heteroatoms. The lowest BCUT2D eigenvalue weighted by atomic mass is 10.2. The Morgan fingerprint density at radius 2 is 1.42 bits per heavy atom. The largest absolute Gasteiger partial charge is 0.255 e. The van der Waals surface area contributed by atoms with Gasteiger partial charge in [-0.15, -0.1) is 0 Å². The van der Waals surface area contributed by atoms with Crippen molar-refractivity contribution in [3.05, 3.63) is 64.5 Å². The molecule has 0 aliphatic carbocycles. The van der Waals surface area contributed by atoms with Gasteiger partial charge in [0.05, 0.1) is 22.8 Å². The van der Waals surface area contributed by atoms with Crippen LogP contribution in [-0.2, 0) is 0 Å². The number of hydrogen-bond donors (Lipinski definition) is 0. The molecule has 92 valence electrons. The zero-order chi connectivity index (χ0) is 13.1. The van der Waals surface area contributed by atoms with Crippen LogP contribution in [-0.4, -0.2) is 15.0 Å². The fraction of sp³-hybridized carbons (Fsp3) is 0. The van der Waals surface area contributed by atoms with Gasteiger partial charge in [0.1, 0.15) is 0 Å². The van der Waals surface area contributed by atoms with Gasteiger partial charge < -0.3 is 0 Å². The van der Waals surface area contributed by atoms with Gasteiger partial charge in [0.2, 0.25) is 0 Å². The van der Waals surface area contributed by atoms with Crippen LogP contribution >= 0.6 is 22.6 Å². The summed E-state index contributed by atoms with van der Waals surface area (Å²) in [5, 5.41) is 0. The Morgan fingerprint density at radius 1 is 0.684 bits per heavy atom. The Labute approximate surface area is 124 Å². The summed E-state index contributed by atoms with van der Waals surface area (Å²) in [5.74, 6) is 0. The lowest BCUT2D eigenvalue weighted by molar-refractivity contribution is 1.21. The molecule has 0 spiro atoms. The maximum absolute atomic E-state index is 4.63. The first-order chi connectivity index (χ1) is 9.33. The number of pyridine rings is 3. The molecule has 0 aliphatic heterocycles. The van der Waals surface area contributed by atoms with E-state index in [1.165, 1.54) is 0 Å². The minimum absolute atomic E-state index is 0.860. The van der Waals surface area contributed by atoms with E-state index in [1.807, 2.05) is 48.5 Å². The molecule has 0 aliphatic rings. The fourth-order valence-electron chi connectivity index (χ4n) is 1.78. The van der Waals surface area contributed by atoms with Crippen molar-refractivity contribution < 1.29 is 0 Å². The molecule has 3 nitrogen and oxygen atoms in total.